The van der Waals surface area contributed by atoms with Crippen molar-refractivity contribution < 1.29 is 4.79 Å². The van der Waals surface area contributed by atoms with Gasteiger partial charge in [0, 0.05) is 6.08 Å². The van der Waals surface area contributed by atoms with Gasteiger partial charge in [-0.05, 0) is 34.5 Å². The highest BCUT2D eigenvalue weighted by molar-refractivity contribution is 7.22. The monoisotopic (exact) mass is 330 g/mol. The fourth-order valence-electron chi connectivity index (χ4n) is 2.63. The molecule has 0 aliphatic heterocycles. The van der Waals surface area contributed by atoms with Gasteiger partial charge in [-0.1, -0.05) is 65.9 Å². The number of para-hydroxylation sites is 1. The molecule has 3 aromatic carbocycles. The first-order chi connectivity index (χ1) is 11.8. The van der Waals surface area contributed by atoms with E-state index in [9.17, 15) is 4.79 Å². The van der Waals surface area contributed by atoms with Crippen molar-refractivity contribution in [3.63, 3.8) is 0 Å². The molecular formula is C20H14N2OS. The van der Waals surface area contributed by atoms with Crippen molar-refractivity contribution in [2.75, 3.05) is 5.32 Å². The third kappa shape index (κ3) is 2.92. The van der Waals surface area contributed by atoms with Crippen molar-refractivity contribution >= 4 is 49.4 Å². The first-order valence-electron chi connectivity index (χ1n) is 7.62. The summed E-state index contributed by atoms with van der Waals surface area (Å²) in [6, 6.07) is 22.0. The summed E-state index contributed by atoms with van der Waals surface area (Å²) in [5.74, 6) is -0.179. The molecule has 116 valence electrons. The van der Waals surface area contributed by atoms with Gasteiger partial charge in [0.25, 0.3) is 0 Å². The lowest BCUT2D eigenvalue weighted by atomic mass is 10.0. The van der Waals surface area contributed by atoms with E-state index in [1.807, 2.05) is 54.6 Å². The van der Waals surface area contributed by atoms with Crippen LogP contribution in [0.2, 0.25) is 0 Å². The molecule has 0 aliphatic carbocycles. The predicted molar refractivity (Wildman–Crippen MR) is 101 cm³/mol. The summed E-state index contributed by atoms with van der Waals surface area (Å²) in [7, 11) is 0. The maximum atomic E-state index is 12.2. The Morgan fingerprint density at radius 3 is 2.67 bits per heavy atom. The lowest BCUT2D eigenvalue weighted by Crippen LogP contribution is -2.07. The first-order valence-corrected chi connectivity index (χ1v) is 8.44. The van der Waals surface area contributed by atoms with Crippen molar-refractivity contribution in [1.82, 2.24) is 4.98 Å². The van der Waals surface area contributed by atoms with E-state index in [-0.39, 0.29) is 5.91 Å². The summed E-state index contributed by atoms with van der Waals surface area (Å²) < 4.78 is 1.06. The highest BCUT2D eigenvalue weighted by Gasteiger charge is 2.05. The zero-order chi connectivity index (χ0) is 16.4. The molecule has 1 amide bonds. The molecule has 0 saturated heterocycles. The van der Waals surface area contributed by atoms with Crippen LogP contribution in [0.1, 0.15) is 5.56 Å². The summed E-state index contributed by atoms with van der Waals surface area (Å²) in [5, 5.41) is 5.73. The molecule has 0 fully saturated rings. The Balaban J connectivity index is 1.55. The van der Waals surface area contributed by atoms with Gasteiger partial charge in [0.1, 0.15) is 0 Å². The van der Waals surface area contributed by atoms with Crippen molar-refractivity contribution in [3.8, 4) is 0 Å². The fourth-order valence-corrected chi connectivity index (χ4v) is 3.50. The molecule has 1 aromatic heterocycles. The Morgan fingerprint density at radius 1 is 0.958 bits per heavy atom. The van der Waals surface area contributed by atoms with E-state index in [0.717, 1.165) is 26.6 Å². The van der Waals surface area contributed by atoms with Crippen LogP contribution in [0.3, 0.4) is 0 Å². The Hall–Kier alpha value is -2.98. The summed E-state index contributed by atoms with van der Waals surface area (Å²) in [6.07, 6.45) is 3.39. The van der Waals surface area contributed by atoms with Crippen LogP contribution in [-0.4, -0.2) is 10.9 Å². The number of carbonyl (C=O) groups excluding carboxylic acids is 1. The van der Waals surface area contributed by atoms with E-state index in [2.05, 4.69) is 28.5 Å². The molecule has 1 N–H and O–H groups in total. The summed E-state index contributed by atoms with van der Waals surface area (Å²) in [6.45, 7) is 0. The molecule has 4 aromatic rings. The Kier molecular flexibility index (Phi) is 3.81. The minimum Gasteiger partial charge on any atom is -0.298 e. The maximum Gasteiger partial charge on any atom is 0.250 e. The largest absolute Gasteiger partial charge is 0.298 e. The van der Waals surface area contributed by atoms with Gasteiger partial charge in [0.15, 0.2) is 5.13 Å². The second-order valence-electron chi connectivity index (χ2n) is 5.38. The lowest BCUT2D eigenvalue weighted by molar-refractivity contribution is -0.111. The van der Waals surface area contributed by atoms with Gasteiger partial charge < -0.3 is 0 Å². The van der Waals surface area contributed by atoms with E-state index in [0.29, 0.717) is 5.13 Å². The molecule has 0 saturated carbocycles. The van der Waals surface area contributed by atoms with Gasteiger partial charge in [-0.3, -0.25) is 10.1 Å². The van der Waals surface area contributed by atoms with Crippen molar-refractivity contribution in [2.24, 2.45) is 0 Å². The fraction of sp³-hybridized carbons (Fsp3) is 0. The average molecular weight is 330 g/mol. The van der Waals surface area contributed by atoms with E-state index >= 15 is 0 Å². The van der Waals surface area contributed by atoms with Crippen LogP contribution >= 0.6 is 11.3 Å². The number of hydrogen-bond acceptors (Lipinski definition) is 3. The third-order valence-corrected chi connectivity index (χ3v) is 4.71. The summed E-state index contributed by atoms with van der Waals surface area (Å²) >= 11 is 1.47. The van der Waals surface area contributed by atoms with Crippen LogP contribution in [0.4, 0.5) is 5.13 Å². The Morgan fingerprint density at radius 2 is 1.75 bits per heavy atom. The van der Waals surface area contributed by atoms with E-state index in [1.165, 1.54) is 11.3 Å². The smallest absolute Gasteiger partial charge is 0.250 e. The van der Waals surface area contributed by atoms with Crippen LogP contribution < -0.4 is 5.32 Å². The van der Waals surface area contributed by atoms with Crippen molar-refractivity contribution in [1.29, 1.82) is 0 Å². The summed E-state index contributed by atoms with van der Waals surface area (Å²) in [5.41, 5.74) is 1.92. The van der Waals surface area contributed by atoms with Crippen LogP contribution in [0.25, 0.3) is 27.1 Å². The average Bonchev–Trinajstić information content (AvgIpc) is 3.02. The molecule has 0 spiro atoms. The highest BCUT2D eigenvalue weighted by Crippen LogP contribution is 2.25. The number of benzene rings is 3. The molecule has 0 radical (unpaired) electrons. The number of amides is 1. The Bertz CT molecular complexity index is 1030. The van der Waals surface area contributed by atoms with E-state index < -0.39 is 0 Å². The molecule has 4 heteroatoms. The molecule has 1 heterocycles. The maximum absolute atomic E-state index is 12.2. The Labute approximate surface area is 143 Å². The minimum atomic E-state index is -0.179. The molecule has 0 atom stereocenters. The second kappa shape index (κ2) is 6.26. The van der Waals surface area contributed by atoms with Gasteiger partial charge in [0.05, 0.1) is 10.2 Å². The molecule has 0 aliphatic rings. The minimum absolute atomic E-state index is 0.179. The first kappa shape index (κ1) is 14.6. The number of thiazole rings is 1. The number of hydrogen-bond donors (Lipinski definition) is 1. The predicted octanol–water partition coefficient (Wildman–Crippen LogP) is 5.10. The SMILES string of the molecule is O=C(/C=C\c1cccc2ccccc12)Nc1nc2ccccc2s1. The van der Waals surface area contributed by atoms with Gasteiger partial charge in [0.2, 0.25) is 5.91 Å². The number of nitrogens with zero attached hydrogens (tertiary/aromatic N) is 1. The molecule has 3 nitrogen and oxygen atoms in total. The second-order valence-corrected chi connectivity index (χ2v) is 6.41. The third-order valence-electron chi connectivity index (χ3n) is 3.76. The number of nitrogens with one attached hydrogen (secondary N) is 1. The zero-order valence-corrected chi connectivity index (χ0v) is 13.6. The van der Waals surface area contributed by atoms with E-state index in [4.69, 9.17) is 0 Å². The lowest BCUT2D eigenvalue weighted by Gasteiger charge is -2.01. The van der Waals surface area contributed by atoms with Gasteiger partial charge in [-0.15, -0.1) is 0 Å². The number of carbonyl (C=O) groups is 1. The van der Waals surface area contributed by atoms with Crippen LogP contribution in [0.15, 0.2) is 72.8 Å². The topological polar surface area (TPSA) is 42.0 Å². The zero-order valence-electron chi connectivity index (χ0n) is 12.8. The molecule has 0 unspecified atom stereocenters. The summed E-state index contributed by atoms with van der Waals surface area (Å²) in [4.78, 5) is 16.6. The molecule has 24 heavy (non-hydrogen) atoms. The van der Waals surface area contributed by atoms with Crippen LogP contribution in [0.5, 0.6) is 0 Å². The number of rotatable bonds is 3. The van der Waals surface area contributed by atoms with Gasteiger partial charge in [-0.25, -0.2) is 4.98 Å². The van der Waals surface area contributed by atoms with Crippen LogP contribution in [-0.2, 0) is 4.79 Å². The van der Waals surface area contributed by atoms with Gasteiger partial charge >= 0.3 is 0 Å². The number of aromatic nitrogens is 1. The molecular weight excluding hydrogens is 316 g/mol. The molecule has 4 rings (SSSR count). The van der Waals surface area contributed by atoms with E-state index in [1.54, 1.807) is 6.08 Å². The standard InChI is InChI=1S/C20H14N2OS/c23-19(22-20-21-17-10-3-4-11-18(17)24-20)13-12-15-8-5-7-14-6-1-2-9-16(14)15/h1-13H,(H,21,22,23)/b13-12-. The molecule has 0 bridgehead atoms. The highest BCUT2D eigenvalue weighted by atomic mass is 32.1. The van der Waals surface area contributed by atoms with Crippen LogP contribution in [0, 0.1) is 0 Å². The van der Waals surface area contributed by atoms with Gasteiger partial charge in [-0.2, -0.15) is 0 Å². The van der Waals surface area contributed by atoms with Crippen molar-refractivity contribution in [2.45, 2.75) is 0 Å². The number of anilines is 1. The normalized spacial score (nSPS) is 11.3. The van der Waals surface area contributed by atoms with Crippen molar-refractivity contribution in [3.05, 3.63) is 78.4 Å². The quantitative estimate of drug-likeness (QED) is 0.531. The number of fused-ring (bicyclic) bond motifs is 2.